The van der Waals surface area contributed by atoms with Crippen molar-refractivity contribution < 1.29 is 19.1 Å². The number of nitrogens with one attached hydrogen (secondary N) is 1. The second-order valence-electron chi connectivity index (χ2n) is 8.71. The molecule has 4 atom stereocenters. The van der Waals surface area contributed by atoms with E-state index in [1.54, 1.807) is 0 Å². The molecular weight excluding hydrogens is 294 g/mol. The quantitative estimate of drug-likeness (QED) is 0.805. The number of carbonyl (C=O) groups excluding carboxylic acids is 2. The van der Waals surface area contributed by atoms with Gasteiger partial charge < -0.3 is 14.8 Å². The molecule has 3 aliphatic carbocycles. The first kappa shape index (κ1) is 18.1. The van der Waals surface area contributed by atoms with E-state index in [1.807, 2.05) is 20.8 Å². The van der Waals surface area contributed by atoms with Crippen molar-refractivity contribution in [1.82, 2.24) is 5.32 Å². The van der Waals surface area contributed by atoms with Crippen LogP contribution in [-0.4, -0.2) is 30.8 Å². The van der Waals surface area contributed by atoms with E-state index < -0.39 is 5.60 Å². The van der Waals surface area contributed by atoms with E-state index in [-0.39, 0.29) is 12.1 Å². The standard InChI is InChI=1S/C18H31NO4/c1-11(20)22-10-14-12(7-13-8-15(14)18(13,5)6)9-19-16(21)23-17(2,3)4/h12-15H,7-10H2,1-6H3,(H,19,21)/t12-,13+,14-,15+/m1/s1. The lowest BCUT2D eigenvalue weighted by Gasteiger charge is -2.62. The van der Waals surface area contributed by atoms with E-state index in [9.17, 15) is 9.59 Å². The monoisotopic (exact) mass is 325 g/mol. The van der Waals surface area contributed by atoms with Crippen molar-refractivity contribution in [2.75, 3.05) is 13.2 Å². The summed E-state index contributed by atoms with van der Waals surface area (Å²) in [6.45, 7) is 12.7. The summed E-state index contributed by atoms with van der Waals surface area (Å²) in [6, 6.07) is 0. The zero-order chi connectivity index (χ0) is 17.4. The van der Waals surface area contributed by atoms with Gasteiger partial charge in [0.2, 0.25) is 0 Å². The lowest BCUT2D eigenvalue weighted by atomic mass is 9.43. The Morgan fingerprint density at radius 2 is 1.87 bits per heavy atom. The predicted molar refractivity (Wildman–Crippen MR) is 87.8 cm³/mol. The number of alkyl carbamates (subject to hydrolysis) is 1. The molecule has 1 amide bonds. The van der Waals surface area contributed by atoms with Crippen LogP contribution in [0.4, 0.5) is 4.79 Å². The Kier molecular flexibility index (Phi) is 4.97. The van der Waals surface area contributed by atoms with Gasteiger partial charge in [0.1, 0.15) is 5.60 Å². The van der Waals surface area contributed by atoms with E-state index in [0.29, 0.717) is 42.2 Å². The molecule has 3 fully saturated rings. The fourth-order valence-corrected chi connectivity index (χ4v) is 4.28. The average Bonchev–Trinajstić information content (AvgIpc) is 2.40. The second-order valence-corrected chi connectivity index (χ2v) is 8.71. The van der Waals surface area contributed by atoms with Gasteiger partial charge >= 0.3 is 12.1 Å². The number of hydrogen-bond acceptors (Lipinski definition) is 4. The SMILES string of the molecule is CC(=O)OC[C@@H]1[C@@H](CNC(=O)OC(C)(C)C)C[C@H]2C[C@@H]1C2(C)C. The number of hydrogen-bond donors (Lipinski definition) is 1. The first-order valence-corrected chi connectivity index (χ1v) is 8.61. The molecule has 23 heavy (non-hydrogen) atoms. The fraction of sp³-hybridized carbons (Fsp3) is 0.889. The Morgan fingerprint density at radius 1 is 1.22 bits per heavy atom. The molecule has 0 aromatic rings. The summed E-state index contributed by atoms with van der Waals surface area (Å²) in [6.07, 6.45) is 1.91. The molecule has 0 saturated heterocycles. The normalized spacial score (nSPS) is 31.7. The molecule has 0 unspecified atom stereocenters. The van der Waals surface area contributed by atoms with E-state index in [0.717, 1.165) is 6.42 Å². The average molecular weight is 325 g/mol. The van der Waals surface area contributed by atoms with Crippen LogP contribution in [0.1, 0.15) is 54.4 Å². The van der Waals surface area contributed by atoms with Crippen molar-refractivity contribution in [2.45, 2.75) is 60.0 Å². The van der Waals surface area contributed by atoms with Crippen molar-refractivity contribution >= 4 is 12.1 Å². The van der Waals surface area contributed by atoms with Gasteiger partial charge in [-0.25, -0.2) is 4.79 Å². The second kappa shape index (κ2) is 6.33. The molecule has 0 aromatic heterocycles. The lowest BCUT2D eigenvalue weighted by Crippen LogP contribution is -2.58. The number of amides is 1. The van der Waals surface area contributed by atoms with Crippen LogP contribution in [0.3, 0.4) is 0 Å². The van der Waals surface area contributed by atoms with Gasteiger partial charge in [0.05, 0.1) is 6.61 Å². The minimum absolute atomic E-state index is 0.233. The number of rotatable bonds is 4. The molecule has 5 heteroatoms. The molecule has 132 valence electrons. The molecular formula is C18H31NO4. The molecule has 3 saturated carbocycles. The van der Waals surface area contributed by atoms with Gasteiger partial charge in [-0.3, -0.25) is 4.79 Å². The summed E-state index contributed by atoms with van der Waals surface area (Å²) >= 11 is 0. The van der Waals surface area contributed by atoms with Crippen molar-refractivity contribution in [3.63, 3.8) is 0 Å². The maximum Gasteiger partial charge on any atom is 0.407 e. The molecule has 0 heterocycles. The number of fused-ring (bicyclic) bond motifs is 2. The Bertz CT molecular complexity index is 466. The van der Waals surface area contributed by atoms with Crippen LogP contribution in [0.25, 0.3) is 0 Å². The molecule has 3 rings (SSSR count). The van der Waals surface area contributed by atoms with E-state index in [1.165, 1.54) is 13.3 Å². The molecule has 2 bridgehead atoms. The minimum Gasteiger partial charge on any atom is -0.466 e. The molecule has 3 aliphatic rings. The van der Waals surface area contributed by atoms with E-state index in [2.05, 4.69) is 19.2 Å². The summed E-state index contributed by atoms with van der Waals surface area (Å²) in [7, 11) is 0. The van der Waals surface area contributed by atoms with Crippen LogP contribution in [0.15, 0.2) is 0 Å². The van der Waals surface area contributed by atoms with Crippen molar-refractivity contribution in [1.29, 1.82) is 0 Å². The summed E-state index contributed by atoms with van der Waals surface area (Å²) < 4.78 is 10.6. The van der Waals surface area contributed by atoms with Gasteiger partial charge in [0, 0.05) is 19.4 Å². The molecule has 0 aromatic carbocycles. The molecule has 0 radical (unpaired) electrons. The van der Waals surface area contributed by atoms with Crippen LogP contribution in [-0.2, 0) is 14.3 Å². The summed E-state index contributed by atoms with van der Waals surface area (Å²) in [5.41, 5.74) is -0.175. The van der Waals surface area contributed by atoms with Crippen molar-refractivity contribution in [3.8, 4) is 0 Å². The van der Waals surface area contributed by atoms with Gasteiger partial charge in [-0.2, -0.15) is 0 Å². The largest absolute Gasteiger partial charge is 0.466 e. The number of esters is 1. The third kappa shape index (κ3) is 4.18. The van der Waals surface area contributed by atoms with Crippen molar-refractivity contribution in [3.05, 3.63) is 0 Å². The predicted octanol–water partition coefficient (Wildman–Crippen LogP) is 3.37. The minimum atomic E-state index is -0.488. The van der Waals surface area contributed by atoms with Crippen LogP contribution < -0.4 is 5.32 Å². The van der Waals surface area contributed by atoms with Gasteiger partial charge in [0.25, 0.3) is 0 Å². The Balaban J connectivity index is 1.94. The highest BCUT2D eigenvalue weighted by atomic mass is 16.6. The highest BCUT2D eigenvalue weighted by Crippen LogP contribution is 2.62. The zero-order valence-corrected chi connectivity index (χ0v) is 15.3. The van der Waals surface area contributed by atoms with Crippen LogP contribution in [0.2, 0.25) is 0 Å². The van der Waals surface area contributed by atoms with Crippen molar-refractivity contribution in [2.24, 2.45) is 29.1 Å². The topological polar surface area (TPSA) is 64.6 Å². The number of carbonyl (C=O) groups is 2. The van der Waals surface area contributed by atoms with Crippen LogP contribution in [0.5, 0.6) is 0 Å². The Hall–Kier alpha value is -1.26. The van der Waals surface area contributed by atoms with E-state index >= 15 is 0 Å². The lowest BCUT2D eigenvalue weighted by molar-refractivity contribution is -0.165. The highest BCUT2D eigenvalue weighted by molar-refractivity contribution is 5.67. The summed E-state index contributed by atoms with van der Waals surface area (Å²) in [5, 5.41) is 2.89. The Labute approximate surface area is 139 Å². The fourth-order valence-electron chi connectivity index (χ4n) is 4.28. The molecule has 1 N–H and O–H groups in total. The third-order valence-electron chi connectivity index (χ3n) is 5.64. The summed E-state index contributed by atoms with van der Waals surface area (Å²) in [4.78, 5) is 23.1. The molecule has 0 spiro atoms. The van der Waals surface area contributed by atoms with Gasteiger partial charge in [-0.15, -0.1) is 0 Å². The highest BCUT2D eigenvalue weighted by Gasteiger charge is 2.57. The smallest absolute Gasteiger partial charge is 0.407 e. The third-order valence-corrected chi connectivity index (χ3v) is 5.64. The first-order valence-electron chi connectivity index (χ1n) is 8.61. The van der Waals surface area contributed by atoms with E-state index in [4.69, 9.17) is 9.47 Å². The molecule has 5 nitrogen and oxygen atoms in total. The van der Waals surface area contributed by atoms with Gasteiger partial charge in [-0.05, 0) is 56.8 Å². The number of ether oxygens (including phenoxy) is 2. The maximum absolute atomic E-state index is 11.9. The van der Waals surface area contributed by atoms with Crippen LogP contribution in [0, 0.1) is 29.1 Å². The zero-order valence-electron chi connectivity index (χ0n) is 15.3. The van der Waals surface area contributed by atoms with Gasteiger partial charge in [-0.1, -0.05) is 13.8 Å². The van der Waals surface area contributed by atoms with Gasteiger partial charge in [0.15, 0.2) is 0 Å². The Morgan fingerprint density at radius 3 is 2.39 bits per heavy atom. The maximum atomic E-state index is 11.9. The molecule has 0 aliphatic heterocycles. The summed E-state index contributed by atoms with van der Waals surface area (Å²) in [5.74, 6) is 1.69. The van der Waals surface area contributed by atoms with Crippen LogP contribution >= 0.6 is 0 Å². The first-order chi connectivity index (χ1) is 10.5.